The van der Waals surface area contributed by atoms with Crippen LogP contribution in [0.1, 0.15) is 25.7 Å². The molecule has 41 heavy (non-hydrogen) atoms. The normalized spacial score (nSPS) is 17.3. The standard InChI is InChI=1S/C28H26Cl2F3N7O/c29-18-7-9-19(10-8-18)40-23(20-5-1-2-6-21(20)30)36-22-24(34-17-35-25(22)40)38-13-15-39(16-14-38)26(41)37-27(28(31,32)33)11-3-4-12-27/h1-2,5-10,17H,3-4,11-16H2,(H,37,41). The van der Waals surface area contributed by atoms with Gasteiger partial charge in [-0.3, -0.25) is 4.57 Å². The van der Waals surface area contributed by atoms with E-state index in [2.05, 4.69) is 15.3 Å². The number of anilines is 1. The molecule has 0 spiro atoms. The van der Waals surface area contributed by atoms with Crippen molar-refractivity contribution in [3.63, 3.8) is 0 Å². The molecule has 4 aromatic rings. The number of hydrogen-bond acceptors (Lipinski definition) is 5. The molecule has 1 aliphatic carbocycles. The number of alkyl halides is 3. The molecule has 2 aliphatic rings. The van der Waals surface area contributed by atoms with Crippen molar-refractivity contribution in [1.29, 1.82) is 0 Å². The monoisotopic (exact) mass is 603 g/mol. The molecule has 2 aromatic carbocycles. The first-order valence-corrected chi connectivity index (χ1v) is 14.1. The fourth-order valence-electron chi connectivity index (χ4n) is 5.63. The Morgan fingerprint density at radius 3 is 2.27 bits per heavy atom. The van der Waals surface area contributed by atoms with Crippen LogP contribution in [0.3, 0.4) is 0 Å². The molecular formula is C28H26Cl2F3N7O. The maximum Gasteiger partial charge on any atom is 0.411 e. The largest absolute Gasteiger partial charge is 0.411 e. The second kappa shape index (κ2) is 10.7. The van der Waals surface area contributed by atoms with Gasteiger partial charge in [0.25, 0.3) is 0 Å². The molecule has 1 N–H and O–H groups in total. The highest BCUT2D eigenvalue weighted by Gasteiger charge is 2.57. The summed E-state index contributed by atoms with van der Waals surface area (Å²) < 4.78 is 43.3. The smallest absolute Gasteiger partial charge is 0.351 e. The maximum atomic E-state index is 13.8. The molecule has 2 fully saturated rings. The lowest BCUT2D eigenvalue weighted by atomic mass is 9.97. The van der Waals surface area contributed by atoms with Gasteiger partial charge in [-0.05, 0) is 49.2 Å². The Morgan fingerprint density at radius 1 is 0.927 bits per heavy atom. The molecule has 214 valence electrons. The average Bonchev–Trinajstić information content (AvgIpc) is 3.60. The second-order valence-electron chi connectivity index (χ2n) is 10.3. The van der Waals surface area contributed by atoms with Gasteiger partial charge in [-0.1, -0.05) is 48.2 Å². The van der Waals surface area contributed by atoms with E-state index in [1.54, 1.807) is 18.2 Å². The Bertz CT molecular complexity index is 1580. The van der Waals surface area contributed by atoms with E-state index < -0.39 is 17.7 Å². The molecule has 1 saturated heterocycles. The summed E-state index contributed by atoms with van der Waals surface area (Å²) in [4.78, 5) is 30.3. The summed E-state index contributed by atoms with van der Waals surface area (Å²) in [6.45, 7) is 1.21. The van der Waals surface area contributed by atoms with Crippen LogP contribution in [0.4, 0.5) is 23.8 Å². The van der Waals surface area contributed by atoms with Gasteiger partial charge in [0.15, 0.2) is 17.0 Å². The number of amides is 2. The lowest BCUT2D eigenvalue weighted by molar-refractivity contribution is -0.191. The van der Waals surface area contributed by atoms with E-state index in [-0.39, 0.29) is 25.9 Å². The molecule has 6 rings (SSSR count). The SMILES string of the molecule is O=C(NC1(C(F)(F)F)CCCC1)N1CCN(c2ncnc3c2nc(-c2ccccc2Cl)n3-c2ccc(Cl)cc2)CC1. The Labute approximate surface area is 244 Å². The number of carbonyl (C=O) groups is 1. The Kier molecular flexibility index (Phi) is 7.19. The minimum atomic E-state index is -4.49. The van der Waals surface area contributed by atoms with Crippen LogP contribution in [-0.2, 0) is 0 Å². The number of halogens is 5. The van der Waals surface area contributed by atoms with Crippen molar-refractivity contribution in [3.8, 4) is 17.1 Å². The van der Waals surface area contributed by atoms with Crippen LogP contribution in [0.15, 0.2) is 54.9 Å². The zero-order valence-corrected chi connectivity index (χ0v) is 23.3. The predicted octanol–water partition coefficient (Wildman–Crippen LogP) is 6.50. The van der Waals surface area contributed by atoms with Crippen LogP contribution in [0.25, 0.3) is 28.2 Å². The van der Waals surface area contributed by atoms with E-state index in [9.17, 15) is 18.0 Å². The van der Waals surface area contributed by atoms with Gasteiger partial charge >= 0.3 is 12.2 Å². The van der Waals surface area contributed by atoms with Crippen LogP contribution in [0.5, 0.6) is 0 Å². The second-order valence-corrected chi connectivity index (χ2v) is 11.1. The summed E-state index contributed by atoms with van der Waals surface area (Å²) in [5.74, 6) is 1.14. The number of fused-ring (bicyclic) bond motifs is 1. The highest BCUT2D eigenvalue weighted by molar-refractivity contribution is 6.33. The summed E-state index contributed by atoms with van der Waals surface area (Å²) in [5.41, 5.74) is 0.436. The van der Waals surface area contributed by atoms with E-state index in [1.165, 1.54) is 11.2 Å². The third-order valence-electron chi connectivity index (χ3n) is 7.84. The number of carbonyl (C=O) groups excluding carboxylic acids is 1. The highest BCUT2D eigenvalue weighted by atomic mass is 35.5. The number of nitrogens with one attached hydrogen (secondary N) is 1. The molecule has 2 amide bonds. The molecule has 0 unspecified atom stereocenters. The molecule has 0 atom stereocenters. The number of urea groups is 1. The van der Waals surface area contributed by atoms with E-state index in [4.69, 9.17) is 28.2 Å². The Hall–Kier alpha value is -3.57. The number of hydrogen-bond donors (Lipinski definition) is 1. The quantitative estimate of drug-likeness (QED) is 0.288. The fourth-order valence-corrected chi connectivity index (χ4v) is 5.98. The average molecular weight is 604 g/mol. The first kappa shape index (κ1) is 27.6. The lowest BCUT2D eigenvalue weighted by Crippen LogP contribution is -2.62. The summed E-state index contributed by atoms with van der Waals surface area (Å²) in [7, 11) is 0. The number of nitrogens with zero attached hydrogens (tertiary/aromatic N) is 6. The van der Waals surface area contributed by atoms with Crippen molar-refractivity contribution < 1.29 is 18.0 Å². The van der Waals surface area contributed by atoms with Crippen molar-refractivity contribution in [2.75, 3.05) is 31.1 Å². The molecule has 13 heteroatoms. The third-order valence-corrected chi connectivity index (χ3v) is 8.42. The molecule has 1 aliphatic heterocycles. The molecule has 0 radical (unpaired) electrons. The number of piperazine rings is 1. The number of benzene rings is 2. The molecular weight excluding hydrogens is 578 g/mol. The van der Waals surface area contributed by atoms with Crippen molar-refractivity contribution in [2.45, 2.75) is 37.4 Å². The Morgan fingerprint density at radius 2 is 1.61 bits per heavy atom. The minimum absolute atomic E-state index is 0.0921. The van der Waals surface area contributed by atoms with Crippen molar-refractivity contribution in [1.82, 2.24) is 29.7 Å². The fraction of sp³-hybridized carbons (Fsp3) is 0.357. The van der Waals surface area contributed by atoms with Crippen LogP contribution < -0.4 is 10.2 Å². The summed E-state index contributed by atoms with van der Waals surface area (Å²) in [6, 6.07) is 14.0. The van der Waals surface area contributed by atoms with E-state index in [0.717, 1.165) is 5.69 Å². The summed E-state index contributed by atoms with van der Waals surface area (Å²) in [5, 5.41) is 3.43. The third kappa shape index (κ3) is 5.05. The predicted molar refractivity (Wildman–Crippen MR) is 152 cm³/mol. The van der Waals surface area contributed by atoms with Gasteiger partial charge in [0.2, 0.25) is 0 Å². The topological polar surface area (TPSA) is 79.2 Å². The molecule has 8 nitrogen and oxygen atoms in total. The van der Waals surface area contributed by atoms with Gasteiger partial charge in [0.05, 0.1) is 5.02 Å². The summed E-state index contributed by atoms with van der Waals surface area (Å²) >= 11 is 12.7. The first-order chi connectivity index (χ1) is 19.7. The molecule has 2 aromatic heterocycles. The first-order valence-electron chi connectivity index (χ1n) is 13.3. The highest BCUT2D eigenvalue weighted by Crippen LogP contribution is 2.43. The lowest BCUT2D eigenvalue weighted by Gasteiger charge is -2.39. The van der Waals surface area contributed by atoms with Crippen molar-refractivity contribution in [2.24, 2.45) is 0 Å². The molecule has 3 heterocycles. The number of imidazole rings is 1. The number of aromatic nitrogens is 4. The molecule has 0 bridgehead atoms. The van der Waals surface area contributed by atoms with E-state index >= 15 is 0 Å². The van der Waals surface area contributed by atoms with E-state index in [1.807, 2.05) is 39.8 Å². The van der Waals surface area contributed by atoms with Gasteiger partial charge in [0.1, 0.15) is 17.7 Å². The minimum Gasteiger partial charge on any atom is -0.351 e. The zero-order chi connectivity index (χ0) is 28.8. The summed E-state index contributed by atoms with van der Waals surface area (Å²) in [6.07, 6.45) is -2.34. The van der Waals surface area contributed by atoms with Gasteiger partial charge in [-0.2, -0.15) is 13.2 Å². The van der Waals surface area contributed by atoms with Crippen molar-refractivity contribution >= 4 is 46.2 Å². The van der Waals surface area contributed by atoms with Crippen molar-refractivity contribution in [3.05, 3.63) is 64.9 Å². The van der Waals surface area contributed by atoms with Gasteiger partial charge in [-0.15, -0.1) is 0 Å². The van der Waals surface area contributed by atoms with Crippen LogP contribution in [-0.4, -0.2) is 68.3 Å². The number of rotatable bonds is 4. The maximum absolute atomic E-state index is 13.8. The van der Waals surface area contributed by atoms with Gasteiger partial charge in [-0.25, -0.2) is 19.7 Å². The van der Waals surface area contributed by atoms with Crippen LogP contribution >= 0.6 is 23.2 Å². The van der Waals surface area contributed by atoms with Gasteiger partial charge in [0, 0.05) is 42.5 Å². The van der Waals surface area contributed by atoms with E-state index in [0.29, 0.717) is 64.3 Å². The van der Waals surface area contributed by atoms with Gasteiger partial charge < -0.3 is 15.1 Å². The zero-order valence-electron chi connectivity index (χ0n) is 21.8. The van der Waals surface area contributed by atoms with Crippen LogP contribution in [0, 0.1) is 0 Å². The molecule has 1 saturated carbocycles. The Balaban J connectivity index is 1.30. The van der Waals surface area contributed by atoms with Crippen LogP contribution in [0.2, 0.25) is 10.0 Å².